The fourth-order valence-corrected chi connectivity index (χ4v) is 1.73. The quantitative estimate of drug-likeness (QED) is 0.472. The molecule has 2 N–H and O–H groups in total. The summed E-state index contributed by atoms with van der Waals surface area (Å²) in [6.07, 6.45) is 1.05. The summed E-state index contributed by atoms with van der Waals surface area (Å²) >= 11 is 0. The first-order valence-electron chi connectivity index (χ1n) is 5.71. The highest BCUT2D eigenvalue weighted by molar-refractivity contribution is 5.80. The van der Waals surface area contributed by atoms with Crippen molar-refractivity contribution >= 4 is 11.8 Å². The molecule has 0 spiro atoms. The molecule has 0 saturated heterocycles. The zero-order valence-corrected chi connectivity index (χ0v) is 9.83. The molecule has 0 saturated carbocycles. The zero-order chi connectivity index (χ0) is 12.8. The van der Waals surface area contributed by atoms with Crippen LogP contribution in [0.1, 0.15) is 32.6 Å². The van der Waals surface area contributed by atoms with E-state index in [1.807, 2.05) is 0 Å². The predicted molar refractivity (Wildman–Crippen MR) is 60.2 cm³/mol. The maximum Gasteiger partial charge on any atom is 0.309 e. The number of ketones is 1. The summed E-state index contributed by atoms with van der Waals surface area (Å²) in [6.45, 7) is 1.65. The first kappa shape index (κ1) is 13.9. The Kier molecular flexibility index (Phi) is 5.31. The third-order valence-electron chi connectivity index (χ3n) is 2.48. The summed E-state index contributed by atoms with van der Waals surface area (Å²) in [5.41, 5.74) is 0. The van der Waals surface area contributed by atoms with Crippen LogP contribution < -0.4 is 0 Å². The summed E-state index contributed by atoms with van der Waals surface area (Å²) in [4.78, 5) is 22.7. The van der Waals surface area contributed by atoms with Crippen LogP contribution in [0.4, 0.5) is 0 Å². The number of hydrogen-bond acceptors (Lipinski definition) is 5. The largest absolute Gasteiger partial charge is 0.462 e. The van der Waals surface area contributed by atoms with Gasteiger partial charge in [-0.3, -0.25) is 9.59 Å². The van der Waals surface area contributed by atoms with Gasteiger partial charge < -0.3 is 14.9 Å². The molecule has 0 bridgehead atoms. The van der Waals surface area contributed by atoms with Gasteiger partial charge in [0, 0.05) is 19.3 Å². The zero-order valence-electron chi connectivity index (χ0n) is 9.83. The molecule has 5 heteroatoms. The summed E-state index contributed by atoms with van der Waals surface area (Å²) in [6, 6.07) is 0. The van der Waals surface area contributed by atoms with Gasteiger partial charge in [-0.05, 0) is 6.92 Å². The van der Waals surface area contributed by atoms with Crippen LogP contribution in [0, 0.1) is 0 Å². The van der Waals surface area contributed by atoms with Gasteiger partial charge in [0.05, 0.1) is 18.6 Å². The van der Waals surface area contributed by atoms with E-state index in [0.717, 1.165) is 0 Å². The number of carbonyl (C=O) groups is 2. The van der Waals surface area contributed by atoms with Crippen molar-refractivity contribution in [1.82, 2.24) is 0 Å². The summed E-state index contributed by atoms with van der Waals surface area (Å²) in [5.74, 6) is -0.603. The second-order valence-corrected chi connectivity index (χ2v) is 4.34. The minimum Gasteiger partial charge on any atom is -0.462 e. The first-order chi connectivity index (χ1) is 7.97. The SMILES string of the molecule is C[C@@H]1C[C@@H](O)CC(=O)C/C=C\[C@@H](O)CC(=O)O1. The molecule has 0 amide bonds. The maximum absolute atomic E-state index is 11.4. The van der Waals surface area contributed by atoms with E-state index in [0.29, 0.717) is 0 Å². The van der Waals surface area contributed by atoms with Crippen LogP contribution in [0.25, 0.3) is 0 Å². The monoisotopic (exact) mass is 242 g/mol. The number of allylic oxidation sites excluding steroid dienone is 1. The number of cyclic esters (lactones) is 1. The normalized spacial score (nSPS) is 34.4. The van der Waals surface area contributed by atoms with Crippen molar-refractivity contribution in [2.24, 2.45) is 0 Å². The molecule has 0 aromatic heterocycles. The van der Waals surface area contributed by atoms with E-state index < -0.39 is 24.3 Å². The van der Waals surface area contributed by atoms with Crippen LogP contribution in [0.5, 0.6) is 0 Å². The number of rotatable bonds is 0. The van der Waals surface area contributed by atoms with Gasteiger partial charge in [-0.1, -0.05) is 12.2 Å². The molecule has 0 radical (unpaired) electrons. The highest BCUT2D eigenvalue weighted by Crippen LogP contribution is 2.11. The molecule has 1 aliphatic heterocycles. The van der Waals surface area contributed by atoms with E-state index in [-0.39, 0.29) is 31.5 Å². The number of esters is 1. The van der Waals surface area contributed by atoms with E-state index in [2.05, 4.69) is 0 Å². The van der Waals surface area contributed by atoms with Crippen molar-refractivity contribution in [3.8, 4) is 0 Å². The smallest absolute Gasteiger partial charge is 0.309 e. The van der Waals surface area contributed by atoms with Crippen LogP contribution in [-0.4, -0.2) is 40.3 Å². The van der Waals surface area contributed by atoms with E-state index in [1.165, 1.54) is 12.2 Å². The fourth-order valence-electron chi connectivity index (χ4n) is 1.73. The average molecular weight is 242 g/mol. The van der Waals surface area contributed by atoms with Crippen LogP contribution in [0.15, 0.2) is 12.2 Å². The lowest BCUT2D eigenvalue weighted by molar-refractivity contribution is -0.151. The van der Waals surface area contributed by atoms with Crippen molar-refractivity contribution in [1.29, 1.82) is 0 Å². The predicted octanol–water partition coefficient (Wildman–Crippen LogP) is 0.339. The van der Waals surface area contributed by atoms with Gasteiger partial charge in [0.1, 0.15) is 11.9 Å². The fraction of sp³-hybridized carbons (Fsp3) is 0.667. The van der Waals surface area contributed by atoms with Gasteiger partial charge in [0.25, 0.3) is 0 Å². The number of Topliss-reactive ketones (excluding diaryl/α,β-unsaturated/α-hetero) is 1. The third-order valence-corrected chi connectivity index (χ3v) is 2.48. The first-order valence-corrected chi connectivity index (χ1v) is 5.71. The van der Waals surface area contributed by atoms with Gasteiger partial charge >= 0.3 is 5.97 Å². The molecule has 1 rings (SSSR count). The lowest BCUT2D eigenvalue weighted by Gasteiger charge is -2.18. The lowest BCUT2D eigenvalue weighted by atomic mass is 10.0. The molecule has 1 heterocycles. The molecule has 0 unspecified atom stereocenters. The highest BCUT2D eigenvalue weighted by Gasteiger charge is 2.19. The number of aliphatic hydroxyl groups is 2. The molecular weight excluding hydrogens is 224 g/mol. The summed E-state index contributed by atoms with van der Waals surface area (Å²) < 4.78 is 5.00. The average Bonchev–Trinajstić information content (AvgIpc) is 2.14. The van der Waals surface area contributed by atoms with E-state index in [9.17, 15) is 19.8 Å². The number of aliphatic hydroxyl groups excluding tert-OH is 2. The van der Waals surface area contributed by atoms with Crippen molar-refractivity contribution < 1.29 is 24.5 Å². The van der Waals surface area contributed by atoms with Crippen LogP contribution in [0.3, 0.4) is 0 Å². The Balaban J connectivity index is 2.67. The Morgan fingerprint density at radius 3 is 2.71 bits per heavy atom. The Labute approximate surface area is 100 Å². The highest BCUT2D eigenvalue weighted by atomic mass is 16.5. The Morgan fingerprint density at radius 1 is 1.29 bits per heavy atom. The molecule has 17 heavy (non-hydrogen) atoms. The number of ether oxygens (including phenoxy) is 1. The second-order valence-electron chi connectivity index (χ2n) is 4.34. The minimum atomic E-state index is -0.924. The van der Waals surface area contributed by atoms with Crippen LogP contribution in [0.2, 0.25) is 0 Å². The van der Waals surface area contributed by atoms with Crippen molar-refractivity contribution in [3.63, 3.8) is 0 Å². The summed E-state index contributed by atoms with van der Waals surface area (Å²) in [5, 5.41) is 19.0. The van der Waals surface area contributed by atoms with Crippen molar-refractivity contribution in [2.75, 3.05) is 0 Å². The number of carbonyl (C=O) groups excluding carboxylic acids is 2. The Morgan fingerprint density at radius 2 is 2.00 bits per heavy atom. The Bertz CT molecular complexity index is 310. The van der Waals surface area contributed by atoms with Crippen LogP contribution in [-0.2, 0) is 14.3 Å². The topological polar surface area (TPSA) is 83.8 Å². The molecule has 3 atom stereocenters. The molecule has 5 nitrogen and oxygen atoms in total. The molecule has 0 aromatic carbocycles. The molecule has 0 aliphatic carbocycles. The maximum atomic E-state index is 11.4. The van der Waals surface area contributed by atoms with Gasteiger partial charge in [-0.2, -0.15) is 0 Å². The van der Waals surface area contributed by atoms with E-state index in [4.69, 9.17) is 4.74 Å². The molecular formula is C12H18O5. The van der Waals surface area contributed by atoms with Gasteiger partial charge in [-0.15, -0.1) is 0 Å². The molecule has 1 aliphatic rings. The second kappa shape index (κ2) is 6.51. The number of hydrogen-bond donors (Lipinski definition) is 2. The van der Waals surface area contributed by atoms with E-state index in [1.54, 1.807) is 6.92 Å². The Hall–Kier alpha value is -1.20. The summed E-state index contributed by atoms with van der Waals surface area (Å²) in [7, 11) is 0. The molecule has 0 aromatic rings. The molecule has 0 fully saturated rings. The van der Waals surface area contributed by atoms with E-state index >= 15 is 0 Å². The molecule has 96 valence electrons. The third kappa shape index (κ3) is 5.60. The van der Waals surface area contributed by atoms with Crippen molar-refractivity contribution in [3.05, 3.63) is 12.2 Å². The standard InChI is InChI=1S/C12H18O5/c1-8-5-11(15)6-9(13)3-2-4-10(14)7-12(16)17-8/h2,4,8,10-11,14-15H,3,5-7H2,1H3/b4-2-/t8-,10-,11-/m1/s1. The van der Waals surface area contributed by atoms with Gasteiger partial charge in [-0.25, -0.2) is 0 Å². The van der Waals surface area contributed by atoms with Crippen molar-refractivity contribution in [2.45, 2.75) is 50.9 Å². The lowest BCUT2D eigenvalue weighted by Crippen LogP contribution is -2.25. The van der Waals surface area contributed by atoms with Gasteiger partial charge in [0.2, 0.25) is 0 Å². The van der Waals surface area contributed by atoms with Crippen LogP contribution >= 0.6 is 0 Å². The van der Waals surface area contributed by atoms with Gasteiger partial charge in [0.15, 0.2) is 0 Å². The minimum absolute atomic E-state index is 0.0440.